The van der Waals surface area contributed by atoms with Gasteiger partial charge in [0.05, 0.1) is 22.1 Å². The van der Waals surface area contributed by atoms with Crippen molar-refractivity contribution in [3.63, 3.8) is 0 Å². The molecule has 0 N–H and O–H groups in total. The molecule has 0 aliphatic heterocycles. The number of halogens is 12. The van der Waals surface area contributed by atoms with Crippen molar-refractivity contribution < 1.29 is 69.8 Å². The number of pyridine rings is 4. The van der Waals surface area contributed by atoms with Crippen LogP contribution in [0.15, 0.2) is 195 Å². The number of rotatable bonds is 4. The predicted molar refractivity (Wildman–Crippen MR) is 243 cm³/mol. The molecular weight excluding hydrogens is 1020 g/mol. The third-order valence-electron chi connectivity index (χ3n) is 9.58. The molecule has 0 aliphatic carbocycles. The molecule has 67 heavy (non-hydrogen) atoms. The number of fused-ring (bicyclic) bond motifs is 6. The second-order valence-electron chi connectivity index (χ2n) is 14.5. The molecule has 0 fully saturated rings. The molecule has 0 amide bonds. The van der Waals surface area contributed by atoms with Gasteiger partial charge in [0.25, 0.3) is 0 Å². The second-order valence-corrected chi connectivity index (χ2v) is 18.4. The summed E-state index contributed by atoms with van der Waals surface area (Å²) in [5, 5.41) is 4.51. The Morgan fingerprint density at radius 2 is 0.403 bits per heavy atom. The summed E-state index contributed by atoms with van der Waals surface area (Å²) in [7, 11) is -21.3. The second kappa shape index (κ2) is 17.7. The van der Waals surface area contributed by atoms with E-state index in [1.54, 1.807) is 0 Å². The Hall–Kier alpha value is -6.40. The van der Waals surface area contributed by atoms with Crippen molar-refractivity contribution in [2.75, 3.05) is 0 Å². The van der Waals surface area contributed by atoms with E-state index in [-0.39, 0.29) is 19.5 Å². The fourth-order valence-electron chi connectivity index (χ4n) is 7.13. The molecule has 0 saturated carbocycles. The van der Waals surface area contributed by atoms with Gasteiger partial charge >= 0.3 is 85.5 Å². The summed E-state index contributed by atoms with van der Waals surface area (Å²) in [5.41, 5.74) is 13.3. The Bertz CT molecular complexity index is 2900. The molecule has 4 aromatic heterocycles. The fourth-order valence-corrected chi connectivity index (χ4v) is 7.13. The molecule has 6 aromatic carbocycles. The van der Waals surface area contributed by atoms with Crippen molar-refractivity contribution in [1.82, 2.24) is 19.9 Å². The van der Waals surface area contributed by atoms with Crippen LogP contribution in [-0.4, -0.2) is 19.9 Å². The average Bonchev–Trinajstić information content (AvgIpc) is 3.27. The van der Waals surface area contributed by atoms with Crippen LogP contribution in [0.4, 0.5) is 50.4 Å². The van der Waals surface area contributed by atoms with E-state index in [0.717, 1.165) is 43.6 Å². The van der Waals surface area contributed by atoms with Gasteiger partial charge in [-0.2, -0.15) is 0 Å². The SMILES string of the molecule is F[P-](F)(F)(F)(F)F.F[P-](F)(F)(F)(F)F.[Ru+2].c1ccc(-c2ccnc3c2ccc2c(-c4ccccc4)ccnc23)cc1.c1ccc(-c2ccnc3c2ccc2c(-c4ccccc4)ccnc23)cc1. The van der Waals surface area contributed by atoms with Crippen molar-refractivity contribution in [3.8, 4) is 44.5 Å². The molecule has 0 bridgehead atoms. The van der Waals surface area contributed by atoms with Crippen LogP contribution in [0.1, 0.15) is 0 Å². The number of hydrogen-bond donors (Lipinski definition) is 0. The standard InChI is InChI=1S/2C24H16N2.2F6P.Ru/c2*1-3-7-17(8-4-1)19-13-15-25-23-21(19)11-12-22-20(14-16-26-24(22)23)18-9-5-2-6-10-18;2*1-7(2,3,4,5)6;/h2*1-16H;;;/q;;2*-1;+2. The van der Waals surface area contributed by atoms with E-state index in [0.29, 0.717) is 0 Å². The predicted octanol–water partition coefficient (Wildman–Crippen LogP) is 19.0. The number of benzene rings is 6. The van der Waals surface area contributed by atoms with Gasteiger partial charge in [-0.15, -0.1) is 0 Å². The van der Waals surface area contributed by atoms with Crippen molar-refractivity contribution in [3.05, 3.63) is 195 Å². The van der Waals surface area contributed by atoms with Crippen molar-refractivity contribution in [2.45, 2.75) is 0 Å². The Morgan fingerprint density at radius 1 is 0.239 bits per heavy atom. The van der Waals surface area contributed by atoms with Crippen LogP contribution in [0.3, 0.4) is 0 Å². The van der Waals surface area contributed by atoms with Gasteiger partial charge in [0.1, 0.15) is 0 Å². The van der Waals surface area contributed by atoms with Crippen LogP contribution in [0.5, 0.6) is 0 Å². The van der Waals surface area contributed by atoms with Crippen LogP contribution in [0.25, 0.3) is 88.1 Å². The maximum absolute atomic E-state index is 10.7. The number of aromatic nitrogens is 4. The smallest absolute Gasteiger partial charge is 0.254 e. The molecule has 19 heteroatoms. The van der Waals surface area contributed by atoms with Crippen molar-refractivity contribution in [2.24, 2.45) is 0 Å². The van der Waals surface area contributed by atoms with E-state index < -0.39 is 15.6 Å². The van der Waals surface area contributed by atoms with E-state index in [2.05, 4.69) is 166 Å². The minimum Gasteiger partial charge on any atom is -0.254 e. The summed E-state index contributed by atoms with van der Waals surface area (Å²) in [6, 6.07) is 58.7. The van der Waals surface area contributed by atoms with Gasteiger partial charge < -0.3 is 0 Å². The van der Waals surface area contributed by atoms with E-state index in [4.69, 9.17) is 0 Å². The fraction of sp³-hybridized carbons (Fsp3) is 0. The first-order valence-electron chi connectivity index (χ1n) is 19.4. The zero-order valence-electron chi connectivity index (χ0n) is 34.0. The Morgan fingerprint density at radius 3 is 0.567 bits per heavy atom. The molecule has 0 saturated heterocycles. The van der Waals surface area contributed by atoms with Crippen LogP contribution >= 0.6 is 15.6 Å². The van der Waals surface area contributed by atoms with Gasteiger partial charge in [0, 0.05) is 46.3 Å². The molecule has 346 valence electrons. The molecule has 4 nitrogen and oxygen atoms in total. The van der Waals surface area contributed by atoms with Crippen LogP contribution < -0.4 is 0 Å². The van der Waals surface area contributed by atoms with Gasteiger partial charge in [0.2, 0.25) is 0 Å². The Labute approximate surface area is 386 Å². The van der Waals surface area contributed by atoms with E-state index in [1.807, 2.05) is 49.1 Å². The quantitative estimate of drug-likeness (QED) is 0.0763. The zero-order valence-corrected chi connectivity index (χ0v) is 37.6. The molecule has 0 unspecified atom stereocenters. The minimum absolute atomic E-state index is 0. The molecule has 0 atom stereocenters. The van der Waals surface area contributed by atoms with Gasteiger partial charge in [-0.3, -0.25) is 19.9 Å². The minimum atomic E-state index is -10.7. The number of nitrogens with zero attached hydrogens (tertiary/aromatic N) is 4. The first-order valence-corrected chi connectivity index (χ1v) is 23.5. The molecule has 10 rings (SSSR count). The van der Waals surface area contributed by atoms with Crippen LogP contribution in [0.2, 0.25) is 0 Å². The third-order valence-corrected chi connectivity index (χ3v) is 9.58. The summed E-state index contributed by atoms with van der Waals surface area (Å²) in [6.45, 7) is 0. The van der Waals surface area contributed by atoms with E-state index in [1.165, 1.54) is 44.5 Å². The topological polar surface area (TPSA) is 51.6 Å². The number of hydrogen-bond acceptors (Lipinski definition) is 4. The van der Waals surface area contributed by atoms with Crippen molar-refractivity contribution >= 4 is 59.2 Å². The summed E-state index contributed by atoms with van der Waals surface area (Å²) in [5.74, 6) is 0. The van der Waals surface area contributed by atoms with Gasteiger partial charge in [-0.05, 0) is 68.8 Å². The van der Waals surface area contributed by atoms with E-state index >= 15 is 0 Å². The molecular formula is C48H32F12N4P2Ru. The first-order chi connectivity index (χ1) is 30.7. The molecule has 0 aliphatic rings. The molecule has 0 radical (unpaired) electrons. The molecule has 10 aromatic rings. The van der Waals surface area contributed by atoms with Crippen LogP contribution in [0, 0.1) is 0 Å². The average molecular weight is 1060 g/mol. The maximum atomic E-state index is 9.87. The molecule has 4 heterocycles. The van der Waals surface area contributed by atoms with E-state index in [9.17, 15) is 50.4 Å². The Balaban J connectivity index is 0.000000171. The first kappa shape index (κ1) is 50.0. The summed E-state index contributed by atoms with van der Waals surface area (Å²) in [4.78, 5) is 18.7. The normalized spacial score (nSPS) is 13.4. The summed E-state index contributed by atoms with van der Waals surface area (Å²) < 4.78 is 118. The summed E-state index contributed by atoms with van der Waals surface area (Å²) >= 11 is 0. The van der Waals surface area contributed by atoms with Gasteiger partial charge in [-0.1, -0.05) is 146 Å². The third kappa shape index (κ3) is 14.8. The Kier molecular flexibility index (Phi) is 13.2. The van der Waals surface area contributed by atoms with Gasteiger partial charge in [0.15, 0.2) is 0 Å². The van der Waals surface area contributed by atoms with Crippen LogP contribution in [-0.2, 0) is 19.5 Å². The van der Waals surface area contributed by atoms with Crippen molar-refractivity contribution in [1.29, 1.82) is 0 Å². The zero-order chi connectivity index (χ0) is 47.5. The monoisotopic (exact) mass is 1060 g/mol. The molecule has 0 spiro atoms. The van der Waals surface area contributed by atoms with Gasteiger partial charge in [-0.25, -0.2) is 0 Å². The maximum Gasteiger partial charge on any atom is 2.00 e. The largest absolute Gasteiger partial charge is 2.00 e. The summed E-state index contributed by atoms with van der Waals surface area (Å²) in [6.07, 6.45) is 7.50.